The van der Waals surface area contributed by atoms with Crippen molar-refractivity contribution in [3.8, 4) is 11.1 Å². The minimum atomic E-state index is 0.984. The molecule has 3 heteroatoms. The lowest BCUT2D eigenvalue weighted by atomic mass is 9.94. The molecule has 0 aliphatic carbocycles. The van der Waals surface area contributed by atoms with Gasteiger partial charge in [-0.05, 0) is 49.9 Å². The van der Waals surface area contributed by atoms with E-state index in [9.17, 15) is 0 Å². The molecule has 0 radical (unpaired) electrons. The minimum Gasteiger partial charge on any atom is -0.304 e. The highest BCUT2D eigenvalue weighted by Gasteiger charge is 2.13. The van der Waals surface area contributed by atoms with Gasteiger partial charge in [-0.15, -0.1) is 0 Å². The van der Waals surface area contributed by atoms with Gasteiger partial charge in [-0.2, -0.15) is 0 Å². The Hall–Kier alpha value is -2.68. The zero-order valence-electron chi connectivity index (χ0n) is 13.5. The van der Waals surface area contributed by atoms with Gasteiger partial charge in [-0.1, -0.05) is 30.3 Å². The van der Waals surface area contributed by atoms with Crippen LogP contribution < -0.4 is 0 Å². The Morgan fingerprint density at radius 3 is 2.65 bits per heavy atom. The number of benzene rings is 1. The first-order chi connectivity index (χ1) is 11.2. The Labute approximate surface area is 136 Å². The van der Waals surface area contributed by atoms with Gasteiger partial charge in [0.1, 0.15) is 5.65 Å². The van der Waals surface area contributed by atoms with Crippen molar-refractivity contribution in [1.29, 1.82) is 0 Å². The molecule has 0 amide bonds. The highest BCUT2D eigenvalue weighted by atomic mass is 15.0. The molecule has 3 aromatic rings. The maximum absolute atomic E-state index is 4.77. The minimum absolute atomic E-state index is 0.984. The molecule has 1 aromatic carbocycles. The van der Waals surface area contributed by atoms with E-state index >= 15 is 0 Å². The summed E-state index contributed by atoms with van der Waals surface area (Å²) in [6.45, 7) is 4.15. The summed E-state index contributed by atoms with van der Waals surface area (Å²) < 4.78 is 2.14. The van der Waals surface area contributed by atoms with E-state index in [1.165, 1.54) is 22.4 Å². The van der Waals surface area contributed by atoms with Crippen molar-refractivity contribution in [2.75, 3.05) is 0 Å². The number of aryl methyl sites for hydroxylation is 1. The van der Waals surface area contributed by atoms with E-state index in [1.54, 1.807) is 0 Å². The fourth-order valence-corrected chi connectivity index (χ4v) is 3.18. The van der Waals surface area contributed by atoms with Crippen LogP contribution in [0.4, 0.5) is 0 Å². The number of pyridine rings is 1. The third-order valence-electron chi connectivity index (χ3n) is 4.37. The van der Waals surface area contributed by atoms with Crippen LogP contribution in [0.3, 0.4) is 0 Å². The van der Waals surface area contributed by atoms with E-state index < -0.39 is 0 Å². The Morgan fingerprint density at radius 1 is 1.00 bits per heavy atom. The molecule has 3 heterocycles. The molecule has 0 fully saturated rings. The van der Waals surface area contributed by atoms with E-state index in [2.05, 4.69) is 71.9 Å². The van der Waals surface area contributed by atoms with Crippen LogP contribution in [0, 0.1) is 6.92 Å². The van der Waals surface area contributed by atoms with Crippen LogP contribution in [0.25, 0.3) is 16.8 Å². The third-order valence-corrected chi connectivity index (χ3v) is 4.37. The number of aromatic nitrogens is 2. The summed E-state index contributed by atoms with van der Waals surface area (Å²) in [6, 6.07) is 12.8. The molecule has 0 bridgehead atoms. The van der Waals surface area contributed by atoms with Crippen LogP contribution in [0.15, 0.2) is 65.6 Å². The number of hydrogen-bond donors (Lipinski definition) is 0. The molecule has 0 spiro atoms. The van der Waals surface area contributed by atoms with Gasteiger partial charge in [0, 0.05) is 35.1 Å². The summed E-state index contributed by atoms with van der Waals surface area (Å²) in [5, 5.41) is 0. The first-order valence-electron chi connectivity index (χ1n) is 8.00. The quantitative estimate of drug-likeness (QED) is 0.669. The number of aliphatic imine (C=N–C) groups is 1. The predicted molar refractivity (Wildman–Crippen MR) is 94.9 cm³/mol. The molecule has 1 aliphatic rings. The van der Waals surface area contributed by atoms with E-state index in [-0.39, 0.29) is 0 Å². The normalized spacial score (nSPS) is 14.7. The van der Waals surface area contributed by atoms with Crippen molar-refractivity contribution in [2.24, 2.45) is 4.99 Å². The van der Waals surface area contributed by atoms with Gasteiger partial charge in [-0.3, -0.25) is 4.99 Å². The van der Waals surface area contributed by atoms with Gasteiger partial charge in [0.2, 0.25) is 0 Å². The van der Waals surface area contributed by atoms with Gasteiger partial charge in [-0.25, -0.2) is 4.98 Å². The van der Waals surface area contributed by atoms with Gasteiger partial charge in [0.05, 0.1) is 0 Å². The molecule has 0 N–H and O–H groups in total. The summed E-state index contributed by atoms with van der Waals surface area (Å²) in [6.07, 6.45) is 8.35. The van der Waals surface area contributed by atoms with E-state index in [4.69, 9.17) is 4.99 Å². The lowest BCUT2D eigenvalue weighted by Crippen LogP contribution is -2.06. The molecular formula is C20H19N3. The first kappa shape index (κ1) is 13.9. The lowest BCUT2D eigenvalue weighted by molar-refractivity contribution is 1.02. The van der Waals surface area contributed by atoms with Gasteiger partial charge < -0.3 is 4.40 Å². The molecule has 4 rings (SSSR count). The molecule has 2 aromatic heterocycles. The fourth-order valence-electron chi connectivity index (χ4n) is 3.18. The maximum atomic E-state index is 4.77. The summed E-state index contributed by atoms with van der Waals surface area (Å²) in [5.41, 5.74) is 8.09. The smallest absolute Gasteiger partial charge is 0.136 e. The fraction of sp³-hybridized carbons (Fsp3) is 0.200. The van der Waals surface area contributed by atoms with Crippen LogP contribution in [-0.4, -0.2) is 15.1 Å². The Balaban J connectivity index is 1.88. The average Bonchev–Trinajstić information content (AvgIpc) is 2.95. The standard InChI is InChI=1S/C20H19N3/c1-14-6-5-9-19(22-14)18-8-4-3-7-17(18)16-10-11-20-21-12-15(2)23(20)13-16/h3-4,6-8,10-13H,5,9H2,1-2H3. The van der Waals surface area contributed by atoms with Gasteiger partial charge >= 0.3 is 0 Å². The van der Waals surface area contributed by atoms with Crippen molar-refractivity contribution < 1.29 is 0 Å². The summed E-state index contributed by atoms with van der Waals surface area (Å²) >= 11 is 0. The van der Waals surface area contributed by atoms with Crippen LogP contribution in [0.5, 0.6) is 0 Å². The largest absolute Gasteiger partial charge is 0.304 e. The van der Waals surface area contributed by atoms with E-state index in [1.807, 2.05) is 6.20 Å². The second kappa shape index (κ2) is 5.51. The Kier molecular flexibility index (Phi) is 3.34. The number of hydrogen-bond acceptors (Lipinski definition) is 2. The van der Waals surface area contributed by atoms with Gasteiger partial charge in [0.15, 0.2) is 0 Å². The summed E-state index contributed by atoms with van der Waals surface area (Å²) in [5.74, 6) is 0. The number of rotatable bonds is 2. The molecule has 0 saturated carbocycles. The Morgan fingerprint density at radius 2 is 1.83 bits per heavy atom. The van der Waals surface area contributed by atoms with Crippen molar-refractivity contribution in [3.63, 3.8) is 0 Å². The van der Waals surface area contributed by atoms with E-state index in [0.29, 0.717) is 0 Å². The molecule has 3 nitrogen and oxygen atoms in total. The summed E-state index contributed by atoms with van der Waals surface area (Å²) in [7, 11) is 0. The molecule has 1 aliphatic heterocycles. The maximum Gasteiger partial charge on any atom is 0.136 e. The molecule has 0 saturated heterocycles. The second-order valence-corrected chi connectivity index (χ2v) is 6.03. The van der Waals surface area contributed by atoms with Gasteiger partial charge in [0.25, 0.3) is 0 Å². The molecular weight excluding hydrogens is 282 g/mol. The van der Waals surface area contributed by atoms with Crippen LogP contribution in [0.2, 0.25) is 0 Å². The molecule has 114 valence electrons. The number of imidazole rings is 1. The zero-order valence-corrected chi connectivity index (χ0v) is 13.5. The molecule has 23 heavy (non-hydrogen) atoms. The highest BCUT2D eigenvalue weighted by Crippen LogP contribution is 2.28. The first-order valence-corrected chi connectivity index (χ1v) is 8.00. The van der Waals surface area contributed by atoms with Crippen molar-refractivity contribution >= 4 is 11.4 Å². The van der Waals surface area contributed by atoms with Crippen LogP contribution in [-0.2, 0) is 0 Å². The average molecular weight is 301 g/mol. The van der Waals surface area contributed by atoms with Crippen molar-refractivity contribution in [3.05, 3.63) is 71.8 Å². The molecule has 0 atom stereocenters. The third kappa shape index (κ3) is 2.48. The lowest BCUT2D eigenvalue weighted by Gasteiger charge is -2.15. The predicted octanol–water partition coefficient (Wildman–Crippen LogP) is 4.80. The van der Waals surface area contributed by atoms with E-state index in [0.717, 1.165) is 29.9 Å². The zero-order chi connectivity index (χ0) is 15.8. The topological polar surface area (TPSA) is 29.7 Å². The monoisotopic (exact) mass is 301 g/mol. The SMILES string of the molecule is CC1=CCCC(c2ccccc2-c2ccc3ncc(C)n3c2)=N1. The number of nitrogens with zero attached hydrogens (tertiary/aromatic N) is 3. The van der Waals surface area contributed by atoms with Crippen LogP contribution >= 0.6 is 0 Å². The second-order valence-electron chi connectivity index (χ2n) is 6.03. The number of fused-ring (bicyclic) bond motifs is 1. The molecule has 0 unspecified atom stereocenters. The van der Waals surface area contributed by atoms with Crippen molar-refractivity contribution in [1.82, 2.24) is 9.38 Å². The Bertz CT molecular complexity index is 944. The highest BCUT2D eigenvalue weighted by molar-refractivity contribution is 6.06. The van der Waals surface area contributed by atoms with Crippen LogP contribution in [0.1, 0.15) is 31.0 Å². The van der Waals surface area contributed by atoms with Crippen molar-refractivity contribution in [2.45, 2.75) is 26.7 Å². The number of allylic oxidation sites excluding steroid dienone is 2. The summed E-state index contributed by atoms with van der Waals surface area (Å²) in [4.78, 5) is 9.17.